The summed E-state index contributed by atoms with van der Waals surface area (Å²) in [5.41, 5.74) is 0.453. The summed E-state index contributed by atoms with van der Waals surface area (Å²) in [6, 6.07) is 15.6. The molecule has 5 nitrogen and oxygen atoms in total. The number of halogens is 1. The number of carbonyl (C=O) groups is 1. The molecule has 0 bridgehead atoms. The maximum atomic E-state index is 12.4. The molecule has 0 unspecified atom stereocenters. The summed E-state index contributed by atoms with van der Waals surface area (Å²) in [6.07, 6.45) is 2.01. The molecule has 0 amide bonds. The number of aromatic nitrogens is 2. The Morgan fingerprint density at radius 1 is 1.00 bits per heavy atom. The molecular formula is C17H11ClN2O3. The van der Waals surface area contributed by atoms with Crippen LogP contribution in [0.15, 0.2) is 65.6 Å². The van der Waals surface area contributed by atoms with Crippen molar-refractivity contribution in [3.8, 4) is 17.2 Å². The number of hydrogen-bond acceptors (Lipinski definition) is 4. The lowest BCUT2D eigenvalue weighted by molar-refractivity contribution is 0.112. The summed E-state index contributed by atoms with van der Waals surface area (Å²) in [5, 5.41) is 3.96. The first-order valence-corrected chi connectivity index (χ1v) is 7.14. The third-order valence-corrected chi connectivity index (χ3v) is 3.50. The molecule has 0 aliphatic rings. The van der Waals surface area contributed by atoms with Gasteiger partial charge in [-0.25, -0.2) is 0 Å². The summed E-state index contributed by atoms with van der Waals surface area (Å²) in [6.45, 7) is 0. The van der Waals surface area contributed by atoms with Crippen molar-refractivity contribution in [2.45, 2.75) is 0 Å². The lowest BCUT2D eigenvalue weighted by Gasteiger charge is -2.10. The standard InChI is InChI=1S/C17H11ClN2O3/c18-16-15(23-14-9-5-4-6-12(14)11-21)10-19-20(17(16)22)13-7-2-1-3-8-13/h1-11H. The van der Waals surface area contributed by atoms with Gasteiger partial charge in [0.15, 0.2) is 17.1 Å². The fraction of sp³-hybridized carbons (Fsp3) is 0. The normalized spacial score (nSPS) is 10.3. The highest BCUT2D eigenvalue weighted by atomic mass is 35.5. The van der Waals surface area contributed by atoms with Gasteiger partial charge in [0.1, 0.15) is 5.75 Å². The van der Waals surface area contributed by atoms with Crippen molar-refractivity contribution in [2.75, 3.05) is 0 Å². The van der Waals surface area contributed by atoms with E-state index in [2.05, 4.69) is 5.10 Å². The van der Waals surface area contributed by atoms with Crippen molar-refractivity contribution in [3.05, 3.63) is 81.7 Å². The van der Waals surface area contributed by atoms with Gasteiger partial charge in [-0.15, -0.1) is 0 Å². The third-order valence-electron chi connectivity index (χ3n) is 3.15. The van der Waals surface area contributed by atoms with Gasteiger partial charge in [-0.3, -0.25) is 9.59 Å². The van der Waals surface area contributed by atoms with Gasteiger partial charge in [0.25, 0.3) is 5.56 Å². The number of rotatable bonds is 4. The van der Waals surface area contributed by atoms with Crippen LogP contribution in [-0.4, -0.2) is 16.1 Å². The maximum Gasteiger partial charge on any atom is 0.294 e. The Labute approximate surface area is 136 Å². The Morgan fingerprint density at radius 2 is 1.70 bits per heavy atom. The Hall–Kier alpha value is -2.92. The molecule has 0 aliphatic carbocycles. The van der Waals surface area contributed by atoms with E-state index in [-0.39, 0.29) is 10.8 Å². The summed E-state index contributed by atoms with van der Waals surface area (Å²) >= 11 is 6.11. The number of ether oxygens (including phenoxy) is 1. The predicted octanol–water partition coefficient (Wildman–Crippen LogP) is 3.49. The number of nitrogens with zero attached hydrogens (tertiary/aromatic N) is 2. The van der Waals surface area contributed by atoms with E-state index in [4.69, 9.17) is 16.3 Å². The van der Waals surface area contributed by atoms with Crippen molar-refractivity contribution in [1.29, 1.82) is 0 Å². The molecule has 0 aliphatic heterocycles. The van der Waals surface area contributed by atoms with E-state index < -0.39 is 5.56 Å². The van der Waals surface area contributed by atoms with Crippen molar-refractivity contribution < 1.29 is 9.53 Å². The highest BCUT2D eigenvalue weighted by Crippen LogP contribution is 2.27. The summed E-state index contributed by atoms with van der Waals surface area (Å²) < 4.78 is 6.75. The molecule has 114 valence electrons. The van der Waals surface area contributed by atoms with Crippen molar-refractivity contribution in [3.63, 3.8) is 0 Å². The number of hydrogen-bond donors (Lipinski definition) is 0. The lowest BCUT2D eigenvalue weighted by atomic mass is 10.2. The first kappa shape index (κ1) is 15.0. The molecule has 6 heteroatoms. The average molecular weight is 327 g/mol. The molecule has 23 heavy (non-hydrogen) atoms. The van der Waals surface area contributed by atoms with E-state index in [0.717, 1.165) is 0 Å². The molecule has 0 saturated carbocycles. The number of carbonyl (C=O) groups excluding carboxylic acids is 1. The molecular weight excluding hydrogens is 316 g/mol. The monoisotopic (exact) mass is 326 g/mol. The Bertz CT molecular complexity index is 907. The van der Waals surface area contributed by atoms with Crippen LogP contribution in [0, 0.1) is 0 Å². The van der Waals surface area contributed by atoms with Gasteiger partial charge >= 0.3 is 0 Å². The predicted molar refractivity (Wildman–Crippen MR) is 86.7 cm³/mol. The van der Waals surface area contributed by atoms with Gasteiger partial charge in [0, 0.05) is 0 Å². The summed E-state index contributed by atoms with van der Waals surface area (Å²) in [7, 11) is 0. The van der Waals surface area contributed by atoms with Gasteiger partial charge < -0.3 is 4.74 Å². The molecule has 0 N–H and O–H groups in total. The smallest absolute Gasteiger partial charge is 0.294 e. The topological polar surface area (TPSA) is 61.2 Å². The van der Waals surface area contributed by atoms with Gasteiger partial charge in [0.2, 0.25) is 0 Å². The number of aldehydes is 1. The second-order valence-corrected chi connectivity index (χ2v) is 5.01. The minimum absolute atomic E-state index is 0.0955. The van der Waals surface area contributed by atoms with Gasteiger partial charge in [0.05, 0.1) is 17.4 Å². The first-order chi connectivity index (χ1) is 11.2. The molecule has 3 rings (SSSR count). The SMILES string of the molecule is O=Cc1ccccc1Oc1cnn(-c2ccccc2)c(=O)c1Cl. The van der Waals surface area contributed by atoms with Crippen LogP contribution in [0.25, 0.3) is 5.69 Å². The van der Waals surface area contributed by atoms with E-state index in [9.17, 15) is 9.59 Å². The molecule has 0 fully saturated rings. The second kappa shape index (κ2) is 6.46. The molecule has 2 aromatic carbocycles. The average Bonchev–Trinajstić information content (AvgIpc) is 2.60. The van der Waals surface area contributed by atoms with E-state index in [0.29, 0.717) is 23.3 Å². The van der Waals surface area contributed by atoms with Crippen LogP contribution >= 0.6 is 11.6 Å². The fourth-order valence-corrected chi connectivity index (χ4v) is 2.20. The maximum absolute atomic E-state index is 12.4. The minimum Gasteiger partial charge on any atom is -0.453 e. The number of benzene rings is 2. The molecule has 1 heterocycles. The Balaban J connectivity index is 2.01. The molecule has 0 atom stereocenters. The fourth-order valence-electron chi connectivity index (χ4n) is 2.03. The van der Waals surface area contributed by atoms with E-state index in [1.54, 1.807) is 48.5 Å². The molecule has 1 aromatic heterocycles. The second-order valence-electron chi connectivity index (χ2n) is 4.63. The quantitative estimate of drug-likeness (QED) is 0.688. The van der Waals surface area contributed by atoms with Crippen LogP contribution < -0.4 is 10.3 Å². The summed E-state index contributed by atoms with van der Waals surface area (Å²) in [5.74, 6) is 0.404. The Kier molecular flexibility index (Phi) is 4.21. The molecule has 0 radical (unpaired) electrons. The van der Waals surface area contributed by atoms with Crippen LogP contribution in [0.2, 0.25) is 5.02 Å². The summed E-state index contributed by atoms with van der Waals surface area (Å²) in [4.78, 5) is 23.4. The van der Waals surface area contributed by atoms with Gasteiger partial charge in [-0.1, -0.05) is 41.9 Å². The number of para-hydroxylation sites is 2. The van der Waals surface area contributed by atoms with E-state index in [1.807, 2.05) is 6.07 Å². The van der Waals surface area contributed by atoms with Crippen LogP contribution in [0.1, 0.15) is 10.4 Å². The van der Waals surface area contributed by atoms with Crippen LogP contribution in [0.3, 0.4) is 0 Å². The van der Waals surface area contributed by atoms with Crippen molar-refractivity contribution in [1.82, 2.24) is 9.78 Å². The Morgan fingerprint density at radius 3 is 2.43 bits per heavy atom. The minimum atomic E-state index is -0.501. The largest absolute Gasteiger partial charge is 0.453 e. The van der Waals surface area contributed by atoms with Crippen molar-refractivity contribution in [2.24, 2.45) is 0 Å². The van der Waals surface area contributed by atoms with E-state index >= 15 is 0 Å². The lowest BCUT2D eigenvalue weighted by Crippen LogP contribution is -2.21. The zero-order valence-corrected chi connectivity index (χ0v) is 12.6. The van der Waals surface area contributed by atoms with Gasteiger partial charge in [-0.2, -0.15) is 9.78 Å². The van der Waals surface area contributed by atoms with Crippen LogP contribution in [-0.2, 0) is 0 Å². The van der Waals surface area contributed by atoms with Crippen LogP contribution in [0.5, 0.6) is 11.5 Å². The first-order valence-electron chi connectivity index (χ1n) is 6.76. The van der Waals surface area contributed by atoms with E-state index in [1.165, 1.54) is 10.9 Å². The molecule has 0 spiro atoms. The third kappa shape index (κ3) is 3.00. The highest BCUT2D eigenvalue weighted by Gasteiger charge is 2.13. The molecule has 3 aromatic rings. The van der Waals surface area contributed by atoms with Crippen molar-refractivity contribution >= 4 is 17.9 Å². The van der Waals surface area contributed by atoms with Crippen LogP contribution in [0.4, 0.5) is 0 Å². The molecule has 0 saturated heterocycles. The zero-order valence-electron chi connectivity index (χ0n) is 11.8. The van der Waals surface area contributed by atoms with Gasteiger partial charge in [-0.05, 0) is 24.3 Å². The zero-order chi connectivity index (χ0) is 16.2. The highest BCUT2D eigenvalue weighted by molar-refractivity contribution is 6.31.